The predicted octanol–water partition coefficient (Wildman–Crippen LogP) is 2.29. The molecule has 1 aromatic rings. The van der Waals surface area contributed by atoms with E-state index in [2.05, 4.69) is 34.6 Å². The van der Waals surface area contributed by atoms with Gasteiger partial charge in [0.2, 0.25) is 0 Å². The van der Waals surface area contributed by atoms with E-state index in [0.29, 0.717) is 29.7 Å². The summed E-state index contributed by atoms with van der Waals surface area (Å²) in [4.78, 5) is 8.70. The smallest absolute Gasteiger partial charge is 0.158 e. The Morgan fingerprint density at radius 2 is 1.95 bits per heavy atom. The van der Waals surface area contributed by atoms with Crippen LogP contribution in [-0.4, -0.2) is 23.1 Å². The van der Waals surface area contributed by atoms with Crippen LogP contribution in [0.1, 0.15) is 45.4 Å². The van der Waals surface area contributed by atoms with Gasteiger partial charge in [-0.1, -0.05) is 13.8 Å². The van der Waals surface area contributed by atoms with Crippen molar-refractivity contribution < 1.29 is 4.74 Å². The summed E-state index contributed by atoms with van der Waals surface area (Å²) in [6.07, 6.45) is 4.81. The molecule has 0 amide bonds. The summed E-state index contributed by atoms with van der Waals surface area (Å²) in [6.45, 7) is 5.05. The standard InChI is InChI=1S/C14H25N5O/c1-14(2)6-4-10(5-7-14)16-11-8-12(19-15)18-13(17-11)9-20-3/h8,10H,4-7,9,15H2,1-3H3,(H2,16,17,18,19). The minimum absolute atomic E-state index is 0.377. The average Bonchev–Trinajstić information content (AvgIpc) is 2.41. The van der Waals surface area contributed by atoms with E-state index in [0.717, 1.165) is 5.82 Å². The predicted molar refractivity (Wildman–Crippen MR) is 80.2 cm³/mol. The summed E-state index contributed by atoms with van der Waals surface area (Å²) in [5.41, 5.74) is 3.04. The Labute approximate surface area is 120 Å². The quantitative estimate of drug-likeness (QED) is 0.566. The summed E-state index contributed by atoms with van der Waals surface area (Å²) < 4.78 is 5.08. The van der Waals surface area contributed by atoms with Gasteiger partial charge in [-0.25, -0.2) is 15.8 Å². The Morgan fingerprint density at radius 3 is 2.55 bits per heavy atom. The van der Waals surface area contributed by atoms with E-state index in [1.807, 2.05) is 6.07 Å². The van der Waals surface area contributed by atoms with Gasteiger partial charge in [-0.3, -0.25) is 0 Å². The molecule has 0 spiro atoms. The van der Waals surface area contributed by atoms with Gasteiger partial charge in [0.05, 0.1) is 0 Å². The van der Waals surface area contributed by atoms with Gasteiger partial charge in [0.25, 0.3) is 0 Å². The molecule has 6 nitrogen and oxygen atoms in total. The van der Waals surface area contributed by atoms with Gasteiger partial charge < -0.3 is 15.5 Å². The molecule has 4 N–H and O–H groups in total. The number of hydrazine groups is 1. The number of rotatable bonds is 5. The molecule has 1 aliphatic carbocycles. The van der Waals surface area contributed by atoms with Crippen molar-refractivity contribution in [2.75, 3.05) is 17.9 Å². The third-order valence-corrected chi connectivity index (χ3v) is 3.88. The van der Waals surface area contributed by atoms with E-state index in [1.165, 1.54) is 25.7 Å². The third-order valence-electron chi connectivity index (χ3n) is 3.88. The Kier molecular flexibility index (Phi) is 4.77. The first-order chi connectivity index (χ1) is 9.52. The van der Waals surface area contributed by atoms with Crippen LogP contribution in [0.25, 0.3) is 0 Å². The fraction of sp³-hybridized carbons (Fsp3) is 0.714. The lowest BCUT2D eigenvalue weighted by molar-refractivity contribution is 0.178. The number of methoxy groups -OCH3 is 1. The molecule has 0 unspecified atom stereocenters. The number of hydrogen-bond acceptors (Lipinski definition) is 6. The van der Waals surface area contributed by atoms with Crippen LogP contribution in [0.5, 0.6) is 0 Å². The van der Waals surface area contributed by atoms with E-state index < -0.39 is 0 Å². The highest BCUT2D eigenvalue weighted by Gasteiger charge is 2.26. The molecule has 0 aromatic carbocycles. The van der Waals surface area contributed by atoms with Gasteiger partial charge in [0.15, 0.2) is 5.82 Å². The summed E-state index contributed by atoms with van der Waals surface area (Å²) in [5.74, 6) is 7.48. The molecule has 0 radical (unpaired) electrons. The lowest BCUT2D eigenvalue weighted by atomic mass is 9.75. The molecular weight excluding hydrogens is 254 g/mol. The van der Waals surface area contributed by atoms with Crippen LogP contribution in [-0.2, 0) is 11.3 Å². The number of hydrogen-bond donors (Lipinski definition) is 3. The first kappa shape index (κ1) is 15.0. The molecule has 1 fully saturated rings. The van der Waals surface area contributed by atoms with Crippen LogP contribution >= 0.6 is 0 Å². The van der Waals surface area contributed by atoms with Crippen LogP contribution in [0.15, 0.2) is 6.07 Å². The number of nitrogens with two attached hydrogens (primary N) is 1. The second kappa shape index (κ2) is 6.37. The average molecular weight is 279 g/mol. The molecule has 0 saturated heterocycles. The minimum atomic E-state index is 0.377. The molecular formula is C14H25N5O. The maximum Gasteiger partial charge on any atom is 0.158 e. The van der Waals surface area contributed by atoms with Crippen molar-refractivity contribution in [3.05, 3.63) is 11.9 Å². The lowest BCUT2D eigenvalue weighted by Gasteiger charge is -2.34. The number of aromatic nitrogens is 2. The van der Waals surface area contributed by atoms with E-state index >= 15 is 0 Å². The summed E-state index contributed by atoms with van der Waals surface area (Å²) >= 11 is 0. The number of nitrogens with one attached hydrogen (secondary N) is 2. The normalized spacial score (nSPS) is 18.8. The summed E-state index contributed by atoms with van der Waals surface area (Å²) in [6, 6.07) is 2.30. The van der Waals surface area contributed by atoms with Gasteiger partial charge in [-0.15, -0.1) is 0 Å². The van der Waals surface area contributed by atoms with Crippen LogP contribution < -0.4 is 16.6 Å². The van der Waals surface area contributed by atoms with Gasteiger partial charge in [-0.05, 0) is 31.1 Å². The van der Waals surface area contributed by atoms with E-state index in [9.17, 15) is 0 Å². The van der Waals surface area contributed by atoms with E-state index in [4.69, 9.17) is 10.6 Å². The van der Waals surface area contributed by atoms with Crippen LogP contribution in [0.4, 0.5) is 11.6 Å². The molecule has 0 bridgehead atoms. The Bertz CT molecular complexity index is 439. The van der Waals surface area contributed by atoms with Crippen LogP contribution in [0.2, 0.25) is 0 Å². The minimum Gasteiger partial charge on any atom is -0.377 e. The highest BCUT2D eigenvalue weighted by molar-refractivity contribution is 5.47. The van der Waals surface area contributed by atoms with Gasteiger partial charge in [0, 0.05) is 19.2 Å². The van der Waals surface area contributed by atoms with Crippen molar-refractivity contribution in [2.45, 2.75) is 52.2 Å². The number of nitrogen functional groups attached to an aromatic ring is 1. The Morgan fingerprint density at radius 1 is 1.30 bits per heavy atom. The van der Waals surface area contributed by atoms with Crippen molar-refractivity contribution >= 4 is 11.6 Å². The zero-order valence-electron chi connectivity index (χ0n) is 12.6. The van der Waals surface area contributed by atoms with E-state index in [-0.39, 0.29) is 0 Å². The SMILES string of the molecule is COCc1nc(NN)cc(NC2CCC(C)(C)CC2)n1. The van der Waals surface area contributed by atoms with Crippen molar-refractivity contribution in [1.82, 2.24) is 9.97 Å². The number of ether oxygens (including phenoxy) is 1. The van der Waals surface area contributed by atoms with E-state index in [1.54, 1.807) is 7.11 Å². The van der Waals surface area contributed by atoms with Crippen molar-refractivity contribution in [3.63, 3.8) is 0 Å². The maximum atomic E-state index is 5.44. The van der Waals surface area contributed by atoms with Crippen LogP contribution in [0.3, 0.4) is 0 Å². The highest BCUT2D eigenvalue weighted by atomic mass is 16.5. The number of anilines is 2. The largest absolute Gasteiger partial charge is 0.377 e. The molecule has 0 aliphatic heterocycles. The first-order valence-electron chi connectivity index (χ1n) is 7.12. The van der Waals surface area contributed by atoms with Crippen LogP contribution in [0, 0.1) is 5.41 Å². The molecule has 112 valence electrons. The molecule has 1 aromatic heterocycles. The zero-order valence-corrected chi connectivity index (χ0v) is 12.6. The molecule has 0 atom stereocenters. The van der Waals surface area contributed by atoms with Gasteiger partial charge in [-0.2, -0.15) is 0 Å². The second-order valence-electron chi connectivity index (χ2n) is 6.21. The molecule has 20 heavy (non-hydrogen) atoms. The van der Waals surface area contributed by atoms with Gasteiger partial charge >= 0.3 is 0 Å². The van der Waals surface area contributed by atoms with Crippen molar-refractivity contribution in [3.8, 4) is 0 Å². The number of nitrogens with zero attached hydrogens (tertiary/aromatic N) is 2. The summed E-state index contributed by atoms with van der Waals surface area (Å²) in [7, 11) is 1.63. The maximum absolute atomic E-state index is 5.44. The topological polar surface area (TPSA) is 85.1 Å². The molecule has 6 heteroatoms. The molecule has 2 rings (SSSR count). The monoisotopic (exact) mass is 279 g/mol. The third kappa shape index (κ3) is 4.05. The first-order valence-corrected chi connectivity index (χ1v) is 7.12. The van der Waals surface area contributed by atoms with Crippen molar-refractivity contribution in [1.29, 1.82) is 0 Å². The highest BCUT2D eigenvalue weighted by Crippen LogP contribution is 2.36. The fourth-order valence-corrected chi connectivity index (χ4v) is 2.59. The van der Waals surface area contributed by atoms with Gasteiger partial charge in [0.1, 0.15) is 18.2 Å². The van der Waals surface area contributed by atoms with Crippen molar-refractivity contribution in [2.24, 2.45) is 11.3 Å². The lowest BCUT2D eigenvalue weighted by Crippen LogP contribution is -2.30. The zero-order chi connectivity index (χ0) is 14.6. The second-order valence-corrected chi connectivity index (χ2v) is 6.21. The molecule has 1 saturated carbocycles. The molecule has 1 heterocycles. The summed E-state index contributed by atoms with van der Waals surface area (Å²) in [5, 5.41) is 3.49. The Balaban J connectivity index is 2.03. The molecule has 1 aliphatic rings. The Hall–Kier alpha value is -1.40. The fourth-order valence-electron chi connectivity index (χ4n) is 2.59.